The van der Waals surface area contributed by atoms with Gasteiger partial charge >= 0.3 is 88.7 Å². The molecule has 5 atom stereocenters. The van der Waals surface area contributed by atoms with Gasteiger partial charge in [-0.2, -0.15) is 0 Å². The minimum Gasteiger partial charge on any atom is -0.790 e. The van der Waals surface area contributed by atoms with Gasteiger partial charge < -0.3 is 48.8 Å². The fourth-order valence-electron chi connectivity index (χ4n) is 2.46. The van der Waals surface area contributed by atoms with Gasteiger partial charge in [0.2, 0.25) is 0 Å². The van der Waals surface area contributed by atoms with Gasteiger partial charge in [-0.25, -0.2) is 15.0 Å². The van der Waals surface area contributed by atoms with Gasteiger partial charge in [0.25, 0.3) is 0 Å². The zero-order valence-corrected chi connectivity index (χ0v) is 24.7. The summed E-state index contributed by atoms with van der Waals surface area (Å²) in [5, 5.41) is 20.3. The largest absolute Gasteiger partial charge is 1.00 e. The summed E-state index contributed by atoms with van der Waals surface area (Å²) in [5.74, 6) is 0.0931. The van der Waals surface area contributed by atoms with Crippen LogP contribution in [-0.2, 0) is 29.9 Å². The molecule has 2 aromatic rings. The maximum Gasteiger partial charge on any atom is 1.00 e. The van der Waals surface area contributed by atoms with E-state index in [4.69, 9.17) is 10.5 Å². The quantitative estimate of drug-likeness (QED) is 0.243. The van der Waals surface area contributed by atoms with E-state index in [2.05, 4.69) is 35.6 Å². The van der Waals surface area contributed by atoms with E-state index < -0.39 is 45.7 Å². The van der Waals surface area contributed by atoms with Crippen molar-refractivity contribution in [2.45, 2.75) is 24.5 Å². The fourth-order valence-corrected chi connectivity index (χ4v) is 4.88. The fraction of sp³-hybridized carbons (Fsp3) is 0.500. The van der Waals surface area contributed by atoms with Gasteiger partial charge in [0.15, 0.2) is 17.7 Å². The van der Waals surface area contributed by atoms with E-state index in [1.165, 1.54) is 17.2 Å². The molecule has 0 bridgehead atoms. The van der Waals surface area contributed by atoms with Gasteiger partial charge in [0, 0.05) is 0 Å². The second-order valence-corrected chi connectivity index (χ2v) is 9.44. The first-order valence-electron chi connectivity index (χ1n) is 7.12. The number of aliphatic hydroxyl groups excluding tert-OH is 2. The van der Waals surface area contributed by atoms with Crippen LogP contribution in [0, 0.1) is 0 Å². The van der Waals surface area contributed by atoms with Crippen LogP contribution in [-0.4, -0.2) is 54.7 Å². The third kappa shape index (κ3) is 7.72. The zero-order valence-electron chi connectivity index (χ0n) is 16.1. The van der Waals surface area contributed by atoms with Crippen molar-refractivity contribution >= 4 is 43.3 Å². The van der Waals surface area contributed by atoms with Crippen molar-refractivity contribution in [3.63, 3.8) is 0 Å². The number of rotatable bonds is 6. The Morgan fingerprint density at radius 2 is 1.83 bits per heavy atom. The summed E-state index contributed by atoms with van der Waals surface area (Å²) >= 11 is 4.27. The van der Waals surface area contributed by atoms with Crippen molar-refractivity contribution in [2.75, 3.05) is 12.3 Å². The number of hydrogen-bond donors (Lipinski definition) is 3. The third-order valence-corrected chi connectivity index (χ3v) is 6.58. The minimum atomic E-state index is -5.64. The Bertz CT molecular complexity index is 951. The molecule has 3 heterocycles. The molecule has 20 heteroatoms. The molecule has 0 aromatic carbocycles. The van der Waals surface area contributed by atoms with Crippen LogP contribution in [0.2, 0.25) is 0 Å². The van der Waals surface area contributed by atoms with Crippen molar-refractivity contribution < 1.29 is 132 Å². The molecule has 1 saturated heterocycles. The van der Waals surface area contributed by atoms with Gasteiger partial charge in [-0.05, 0) is 0 Å². The van der Waals surface area contributed by atoms with Gasteiger partial charge in [0.05, 0.1) is 20.8 Å². The molecule has 1 aliphatic heterocycles. The average Bonchev–Trinajstić information content (AvgIpc) is 3.07. The van der Waals surface area contributed by atoms with Crippen molar-refractivity contribution in [1.29, 1.82) is 0 Å². The number of phosphoric acid groups is 1. The molecule has 2 aromatic heterocycles. The number of imidazole rings is 1. The van der Waals surface area contributed by atoms with Crippen LogP contribution >= 0.6 is 14.5 Å². The van der Waals surface area contributed by atoms with Crippen LogP contribution < -0.4 is 109 Å². The maximum absolute atomic E-state index is 11.6. The second-order valence-electron chi connectivity index (χ2n) is 5.40. The molecule has 0 spiro atoms. The van der Waals surface area contributed by atoms with Crippen molar-refractivity contribution in [3.05, 3.63) is 12.7 Å². The number of nitrogens with two attached hydrogens (primary N) is 1. The first-order chi connectivity index (χ1) is 12.5. The molecular formula is C10H12N5Na3O9P2S. The number of nitrogens with zero attached hydrogens (tertiary/aromatic N) is 4. The third-order valence-electron chi connectivity index (χ3n) is 3.60. The van der Waals surface area contributed by atoms with Crippen LogP contribution in [0.1, 0.15) is 6.23 Å². The number of anilines is 1. The predicted molar refractivity (Wildman–Crippen MR) is 84.6 cm³/mol. The molecular weight excluding hydrogens is 497 g/mol. The van der Waals surface area contributed by atoms with Crippen molar-refractivity contribution in [2.24, 2.45) is 0 Å². The minimum absolute atomic E-state index is 0. The summed E-state index contributed by atoms with van der Waals surface area (Å²) < 4.78 is 25.5. The van der Waals surface area contributed by atoms with E-state index in [1.54, 1.807) is 0 Å². The number of fused-ring (bicyclic) bond motifs is 1. The number of ether oxygens (including phenoxy) is 1. The Labute approximate surface area is 241 Å². The normalized spacial score (nSPS) is 25.6. The number of aliphatic hydroxyl groups is 2. The number of hydrogen-bond acceptors (Lipinski definition) is 14. The van der Waals surface area contributed by atoms with Crippen molar-refractivity contribution in [3.8, 4) is 0 Å². The smallest absolute Gasteiger partial charge is 0.790 e. The molecule has 0 radical (unpaired) electrons. The zero-order chi connectivity index (χ0) is 20.0. The Balaban J connectivity index is 0.00000280. The Morgan fingerprint density at radius 3 is 2.43 bits per heavy atom. The second kappa shape index (κ2) is 12.6. The summed E-state index contributed by atoms with van der Waals surface area (Å²) in [6.07, 6.45) is -3.05. The molecule has 1 unspecified atom stereocenters. The van der Waals surface area contributed by atoms with Gasteiger partial charge in [0.1, 0.15) is 36.9 Å². The van der Waals surface area contributed by atoms with E-state index in [1.807, 2.05) is 0 Å². The average molecular weight is 509 g/mol. The van der Waals surface area contributed by atoms with Crippen LogP contribution in [0.4, 0.5) is 5.82 Å². The van der Waals surface area contributed by atoms with Gasteiger partial charge in [-0.3, -0.25) is 4.57 Å². The molecule has 4 N–H and O–H groups in total. The van der Waals surface area contributed by atoms with E-state index in [-0.39, 0.29) is 106 Å². The van der Waals surface area contributed by atoms with Crippen molar-refractivity contribution in [1.82, 2.24) is 19.5 Å². The Kier molecular flexibility index (Phi) is 13.4. The summed E-state index contributed by atoms with van der Waals surface area (Å²) in [6.45, 7) is -5.40. The van der Waals surface area contributed by atoms with Crippen LogP contribution in [0.5, 0.6) is 0 Å². The molecule has 14 nitrogen and oxygen atoms in total. The SMILES string of the molecule is Nc1ncnc2c1ncn2[C@@H]1O[C@H](COP([O-])(=S)OP(=O)([O-])[O-])[C@@H](O)[C@H]1O.[Na+].[Na+].[Na+]. The molecule has 0 saturated carbocycles. The molecule has 30 heavy (non-hydrogen) atoms. The summed E-state index contributed by atoms with van der Waals surface area (Å²) in [5.41, 5.74) is 6.14. The molecule has 1 fully saturated rings. The Hall–Kier alpha value is 1.91. The summed E-state index contributed by atoms with van der Waals surface area (Å²) in [4.78, 5) is 44.4. The topological polar surface area (TPSA) is 224 Å². The van der Waals surface area contributed by atoms with E-state index >= 15 is 0 Å². The Morgan fingerprint density at radius 1 is 1.20 bits per heavy atom. The van der Waals surface area contributed by atoms with E-state index in [0.29, 0.717) is 0 Å². The molecule has 0 amide bonds. The van der Waals surface area contributed by atoms with E-state index in [9.17, 15) is 29.5 Å². The summed E-state index contributed by atoms with van der Waals surface area (Å²) in [7, 11) is -5.64. The summed E-state index contributed by atoms with van der Waals surface area (Å²) in [6, 6.07) is 0. The molecule has 0 aliphatic carbocycles. The van der Waals surface area contributed by atoms with Crippen LogP contribution in [0.3, 0.4) is 0 Å². The van der Waals surface area contributed by atoms with E-state index in [0.717, 1.165) is 0 Å². The van der Waals surface area contributed by atoms with Crippen LogP contribution in [0.25, 0.3) is 11.2 Å². The van der Waals surface area contributed by atoms with Crippen LogP contribution in [0.15, 0.2) is 12.7 Å². The first kappa shape index (κ1) is 31.9. The number of nitrogen functional groups attached to an aromatic ring is 1. The van der Waals surface area contributed by atoms with Gasteiger partial charge in [-0.1, -0.05) is 11.8 Å². The predicted octanol–water partition coefficient (Wildman–Crippen LogP) is -12.5. The standard InChI is InChI=1S/C10H15N5O9P2S.3Na/c11-8-5-9(13-2-12-8)15(3-14-5)10-7(17)6(16)4(23-10)1-22-26(21,27)24-25(18,19)20;;;/h2-4,6-7,10,16-17H,1H2,(H,21,27)(H2,11,12,13)(H2,18,19,20);;;/q;3*+1/p-3/t4-,6-,7-,10-,26?;;;/m1.../s1. The first-order valence-corrected chi connectivity index (χ1v) is 11.1. The maximum atomic E-state index is 11.6. The molecule has 150 valence electrons. The molecule has 3 rings (SSSR count). The van der Waals surface area contributed by atoms with Gasteiger partial charge in [-0.15, -0.1) is 0 Å². The monoisotopic (exact) mass is 509 g/mol. The molecule has 1 aliphatic rings. The number of aromatic nitrogens is 4.